The van der Waals surface area contributed by atoms with Gasteiger partial charge >= 0.3 is 0 Å². The summed E-state index contributed by atoms with van der Waals surface area (Å²) in [5.41, 5.74) is 4.35. The number of nitrogens with one attached hydrogen (secondary N) is 1. The second kappa shape index (κ2) is 7.53. The van der Waals surface area contributed by atoms with Crippen LogP contribution in [-0.2, 0) is 12.8 Å². The smallest absolute Gasteiger partial charge is 0.0921 e. The third kappa shape index (κ3) is 3.69. The highest BCUT2D eigenvalue weighted by molar-refractivity contribution is 7.22. The maximum absolute atomic E-state index is 3.45. The van der Waals surface area contributed by atoms with Crippen molar-refractivity contribution in [3.63, 3.8) is 0 Å². The van der Waals surface area contributed by atoms with Crippen molar-refractivity contribution in [2.24, 2.45) is 0 Å². The van der Waals surface area contributed by atoms with E-state index in [1.54, 1.807) is 0 Å². The Morgan fingerprint density at radius 1 is 0.963 bits per heavy atom. The number of fused-ring (bicyclic) bond motifs is 2. The molecule has 1 N–H and O–H groups in total. The lowest BCUT2D eigenvalue weighted by molar-refractivity contribution is 0.255. The summed E-state index contributed by atoms with van der Waals surface area (Å²) >= 11 is 1.93. The number of aryl methyl sites for hydroxylation is 1. The molecule has 1 aromatic heterocycles. The highest BCUT2D eigenvalue weighted by Gasteiger charge is 2.18. The molecule has 4 heteroatoms. The van der Waals surface area contributed by atoms with Crippen molar-refractivity contribution in [2.75, 3.05) is 49.5 Å². The number of piperazine rings is 1. The zero-order valence-electron chi connectivity index (χ0n) is 15.8. The number of hydrogen-bond donors (Lipinski definition) is 1. The van der Waals surface area contributed by atoms with Gasteiger partial charge in [-0.1, -0.05) is 30.3 Å². The number of rotatable bonds is 5. The molecule has 3 aromatic rings. The molecule has 2 aliphatic heterocycles. The van der Waals surface area contributed by atoms with Crippen molar-refractivity contribution in [3.05, 3.63) is 59.7 Å². The van der Waals surface area contributed by atoms with Crippen molar-refractivity contribution < 1.29 is 0 Å². The van der Waals surface area contributed by atoms with Gasteiger partial charge in [-0.05, 0) is 60.5 Å². The molecule has 0 spiro atoms. The highest BCUT2D eigenvalue weighted by atomic mass is 32.1. The maximum Gasteiger partial charge on any atom is 0.0921 e. The standard InChI is InChI=1S/C23H27N3S/c1-2-6-22-20(5-1)17-23(27-22)26-14-12-25(13-15-26)11-3-4-18-7-8-21-19(16-18)9-10-24-21/h1-2,5-8,16-17,24H,3-4,9-15H2. The number of nitrogens with zero attached hydrogens (tertiary/aromatic N) is 2. The molecular formula is C23H27N3S. The van der Waals surface area contributed by atoms with Crippen molar-refractivity contribution in [1.82, 2.24) is 4.90 Å². The Labute approximate surface area is 165 Å². The van der Waals surface area contributed by atoms with Gasteiger partial charge in [0, 0.05) is 43.1 Å². The monoisotopic (exact) mass is 377 g/mol. The third-order valence-electron chi connectivity index (χ3n) is 5.92. The van der Waals surface area contributed by atoms with Crippen LogP contribution < -0.4 is 10.2 Å². The lowest BCUT2D eigenvalue weighted by Crippen LogP contribution is -2.46. The highest BCUT2D eigenvalue weighted by Crippen LogP contribution is 2.32. The first-order valence-corrected chi connectivity index (χ1v) is 11.0. The zero-order chi connectivity index (χ0) is 18.1. The summed E-state index contributed by atoms with van der Waals surface area (Å²) in [6, 6.07) is 18.1. The summed E-state index contributed by atoms with van der Waals surface area (Å²) in [5, 5.41) is 6.26. The Hall–Kier alpha value is -2.04. The van der Waals surface area contributed by atoms with Crippen LogP contribution >= 0.6 is 11.3 Å². The Bertz CT molecular complexity index is 891. The van der Waals surface area contributed by atoms with Gasteiger partial charge in [0.2, 0.25) is 0 Å². The molecule has 3 heterocycles. The molecule has 0 bridgehead atoms. The fraction of sp³-hybridized carbons (Fsp3) is 0.391. The van der Waals surface area contributed by atoms with Crippen LogP contribution in [0.25, 0.3) is 10.1 Å². The van der Waals surface area contributed by atoms with Crippen LogP contribution in [-0.4, -0.2) is 44.2 Å². The molecule has 0 saturated carbocycles. The number of benzene rings is 2. The first-order valence-electron chi connectivity index (χ1n) is 10.2. The van der Waals surface area contributed by atoms with Crippen LogP contribution in [0.3, 0.4) is 0 Å². The molecular weight excluding hydrogens is 350 g/mol. The quantitative estimate of drug-likeness (QED) is 0.700. The van der Waals surface area contributed by atoms with Gasteiger partial charge in [0.15, 0.2) is 0 Å². The number of hydrogen-bond acceptors (Lipinski definition) is 4. The van der Waals surface area contributed by atoms with Crippen LogP contribution in [0.15, 0.2) is 48.5 Å². The molecule has 0 radical (unpaired) electrons. The van der Waals surface area contributed by atoms with Crippen LogP contribution in [0.1, 0.15) is 17.5 Å². The molecule has 140 valence electrons. The lowest BCUT2D eigenvalue weighted by Gasteiger charge is -2.35. The van der Waals surface area contributed by atoms with Crippen molar-refractivity contribution in [2.45, 2.75) is 19.3 Å². The van der Waals surface area contributed by atoms with Gasteiger partial charge in [-0.25, -0.2) is 0 Å². The summed E-state index contributed by atoms with van der Waals surface area (Å²) in [4.78, 5) is 5.20. The largest absolute Gasteiger partial charge is 0.384 e. The van der Waals surface area contributed by atoms with E-state index in [2.05, 4.69) is 63.6 Å². The second-order valence-electron chi connectivity index (χ2n) is 7.72. The van der Waals surface area contributed by atoms with Crippen LogP contribution in [0.5, 0.6) is 0 Å². The average Bonchev–Trinajstić information content (AvgIpc) is 3.35. The SMILES string of the molecule is c1ccc2sc(N3CCN(CCCc4ccc5c(c4)CCN5)CC3)cc2c1. The Morgan fingerprint density at radius 2 is 1.85 bits per heavy atom. The van der Waals surface area contributed by atoms with E-state index in [-0.39, 0.29) is 0 Å². The first-order chi connectivity index (χ1) is 13.3. The van der Waals surface area contributed by atoms with Crippen molar-refractivity contribution in [1.29, 1.82) is 0 Å². The van der Waals surface area contributed by atoms with Gasteiger partial charge in [-0.3, -0.25) is 4.90 Å². The average molecular weight is 378 g/mol. The van der Waals surface area contributed by atoms with Crippen molar-refractivity contribution >= 4 is 32.1 Å². The molecule has 2 aliphatic rings. The number of anilines is 2. The van der Waals surface area contributed by atoms with Crippen LogP contribution in [0.2, 0.25) is 0 Å². The molecule has 0 atom stereocenters. The minimum Gasteiger partial charge on any atom is -0.384 e. The van der Waals surface area contributed by atoms with Crippen molar-refractivity contribution in [3.8, 4) is 0 Å². The van der Waals surface area contributed by atoms with Gasteiger partial charge in [-0.15, -0.1) is 11.3 Å². The predicted octanol–water partition coefficient (Wildman–Crippen LogP) is 4.62. The fourth-order valence-electron chi connectivity index (χ4n) is 4.34. The Morgan fingerprint density at radius 3 is 2.74 bits per heavy atom. The van der Waals surface area contributed by atoms with E-state index >= 15 is 0 Å². The van der Waals surface area contributed by atoms with E-state index in [0.29, 0.717) is 0 Å². The van der Waals surface area contributed by atoms with E-state index < -0.39 is 0 Å². The molecule has 3 nitrogen and oxygen atoms in total. The lowest BCUT2D eigenvalue weighted by atomic mass is 10.0. The topological polar surface area (TPSA) is 18.5 Å². The molecule has 2 aromatic carbocycles. The van der Waals surface area contributed by atoms with E-state index in [1.165, 1.54) is 70.8 Å². The van der Waals surface area contributed by atoms with Gasteiger partial charge in [0.25, 0.3) is 0 Å². The first kappa shape index (κ1) is 17.1. The van der Waals surface area contributed by atoms with E-state index in [1.807, 2.05) is 11.3 Å². The van der Waals surface area contributed by atoms with E-state index in [0.717, 1.165) is 19.6 Å². The normalized spacial score (nSPS) is 17.3. The molecule has 0 unspecified atom stereocenters. The van der Waals surface area contributed by atoms with E-state index in [4.69, 9.17) is 0 Å². The molecule has 1 fully saturated rings. The Balaban J connectivity index is 1.11. The molecule has 27 heavy (non-hydrogen) atoms. The van der Waals surface area contributed by atoms with Gasteiger partial charge in [0.05, 0.1) is 5.00 Å². The molecule has 1 saturated heterocycles. The minimum absolute atomic E-state index is 1.10. The van der Waals surface area contributed by atoms with Gasteiger partial charge in [0.1, 0.15) is 0 Å². The van der Waals surface area contributed by atoms with E-state index in [9.17, 15) is 0 Å². The van der Waals surface area contributed by atoms with Gasteiger partial charge in [-0.2, -0.15) is 0 Å². The summed E-state index contributed by atoms with van der Waals surface area (Å²) in [5.74, 6) is 0. The molecule has 0 amide bonds. The fourth-order valence-corrected chi connectivity index (χ4v) is 5.45. The molecule has 5 rings (SSSR count). The summed E-state index contributed by atoms with van der Waals surface area (Å²) in [7, 11) is 0. The van der Waals surface area contributed by atoms with Crippen LogP contribution in [0, 0.1) is 0 Å². The zero-order valence-corrected chi connectivity index (χ0v) is 16.6. The predicted molar refractivity (Wildman–Crippen MR) is 117 cm³/mol. The summed E-state index contributed by atoms with van der Waals surface area (Å²) in [6.45, 7) is 6.98. The Kier molecular flexibility index (Phi) is 4.76. The number of thiophene rings is 1. The minimum atomic E-state index is 1.10. The maximum atomic E-state index is 3.45. The third-order valence-corrected chi connectivity index (χ3v) is 7.09. The molecule has 0 aliphatic carbocycles. The van der Waals surface area contributed by atoms with Gasteiger partial charge < -0.3 is 10.2 Å². The summed E-state index contributed by atoms with van der Waals surface area (Å²) in [6.07, 6.45) is 3.64. The summed E-state index contributed by atoms with van der Waals surface area (Å²) < 4.78 is 1.40. The second-order valence-corrected chi connectivity index (χ2v) is 8.79. The van der Waals surface area contributed by atoms with Crippen LogP contribution in [0.4, 0.5) is 10.7 Å².